The average Bonchev–Trinajstić information content (AvgIpc) is 3.40. The molecule has 0 fully saturated rings. The van der Waals surface area contributed by atoms with Crippen molar-refractivity contribution in [3.8, 4) is 0 Å². The van der Waals surface area contributed by atoms with Gasteiger partial charge in [0.05, 0.1) is 4.92 Å². The Balaban J connectivity index is 1.59. The smallest absolute Gasteiger partial charge is 0.270 e. The van der Waals surface area contributed by atoms with Crippen LogP contribution in [0.4, 0.5) is 11.4 Å². The molecule has 9 heteroatoms. The predicted octanol–water partition coefficient (Wildman–Crippen LogP) is 5.65. The molecular formula is C32H37N5O4. The molecule has 0 aliphatic carbocycles. The zero-order chi connectivity index (χ0) is 29.5. The number of amides is 2. The third-order valence-electron chi connectivity index (χ3n) is 7.50. The van der Waals surface area contributed by atoms with Gasteiger partial charge in [-0.3, -0.25) is 19.7 Å². The van der Waals surface area contributed by atoms with Crippen LogP contribution in [-0.2, 0) is 17.8 Å². The number of carbonyl (C=O) groups excluding carboxylic acids is 2. The molecule has 1 unspecified atom stereocenters. The fraction of sp³-hybridized carbons (Fsp3) is 0.312. The van der Waals surface area contributed by atoms with E-state index in [1.165, 1.54) is 23.1 Å². The Morgan fingerprint density at radius 3 is 2.41 bits per heavy atom. The highest BCUT2D eigenvalue weighted by atomic mass is 16.6. The molecule has 0 radical (unpaired) electrons. The van der Waals surface area contributed by atoms with E-state index in [9.17, 15) is 19.7 Å². The Labute approximate surface area is 240 Å². The number of benzene rings is 3. The highest BCUT2D eigenvalue weighted by Crippen LogP contribution is 2.21. The second kappa shape index (κ2) is 13.1. The first-order valence-electron chi connectivity index (χ1n) is 13.8. The highest BCUT2D eigenvalue weighted by molar-refractivity contribution is 5.97. The quantitative estimate of drug-likeness (QED) is 0.180. The summed E-state index contributed by atoms with van der Waals surface area (Å²) in [6, 6.07) is 21.6. The predicted molar refractivity (Wildman–Crippen MR) is 162 cm³/mol. The molecule has 3 aromatic carbocycles. The minimum atomic E-state index is -0.524. The summed E-state index contributed by atoms with van der Waals surface area (Å²) in [7, 11) is 3.96. The maximum Gasteiger partial charge on any atom is 0.270 e. The molecule has 1 heterocycles. The van der Waals surface area contributed by atoms with Gasteiger partial charge in [-0.25, -0.2) is 0 Å². The number of aromatic amines is 1. The van der Waals surface area contributed by atoms with Gasteiger partial charge in [0.15, 0.2) is 0 Å². The zero-order valence-corrected chi connectivity index (χ0v) is 24.0. The van der Waals surface area contributed by atoms with Gasteiger partial charge in [0.25, 0.3) is 11.6 Å². The number of aromatic nitrogens is 1. The van der Waals surface area contributed by atoms with Gasteiger partial charge in [-0.05, 0) is 55.2 Å². The number of nitrogens with zero attached hydrogens (tertiary/aromatic N) is 4. The highest BCUT2D eigenvalue weighted by Gasteiger charge is 2.27. The van der Waals surface area contributed by atoms with E-state index in [0.29, 0.717) is 25.9 Å². The number of hydrogen-bond acceptors (Lipinski definition) is 5. The number of rotatable bonds is 12. The molecule has 214 valence electrons. The molecule has 1 aromatic heterocycles. The fourth-order valence-corrected chi connectivity index (χ4v) is 4.82. The molecular weight excluding hydrogens is 518 g/mol. The molecule has 4 aromatic rings. The number of nitrogens with one attached hydrogen (secondary N) is 1. The van der Waals surface area contributed by atoms with Crippen molar-refractivity contribution in [1.29, 1.82) is 0 Å². The number of H-pyrrole nitrogens is 1. The van der Waals surface area contributed by atoms with Crippen LogP contribution < -0.4 is 4.90 Å². The lowest BCUT2D eigenvalue weighted by Crippen LogP contribution is -2.46. The van der Waals surface area contributed by atoms with Gasteiger partial charge < -0.3 is 19.7 Å². The van der Waals surface area contributed by atoms with E-state index in [2.05, 4.69) is 11.1 Å². The number of nitro benzene ring substituents is 1. The summed E-state index contributed by atoms with van der Waals surface area (Å²) in [6.07, 6.45) is 3.26. The van der Waals surface area contributed by atoms with Gasteiger partial charge in [-0.15, -0.1) is 0 Å². The Morgan fingerprint density at radius 2 is 1.73 bits per heavy atom. The van der Waals surface area contributed by atoms with Crippen molar-refractivity contribution in [1.82, 2.24) is 14.8 Å². The molecule has 0 saturated carbocycles. The van der Waals surface area contributed by atoms with Crippen LogP contribution in [0.5, 0.6) is 0 Å². The van der Waals surface area contributed by atoms with E-state index in [1.54, 1.807) is 11.0 Å². The van der Waals surface area contributed by atoms with Gasteiger partial charge in [0.1, 0.15) is 6.54 Å². The number of nitro groups is 1. The van der Waals surface area contributed by atoms with Crippen molar-refractivity contribution in [3.63, 3.8) is 0 Å². The summed E-state index contributed by atoms with van der Waals surface area (Å²) < 4.78 is 0. The largest absolute Gasteiger partial charge is 0.378 e. The molecule has 2 amide bonds. The van der Waals surface area contributed by atoms with Crippen molar-refractivity contribution >= 4 is 34.1 Å². The van der Waals surface area contributed by atoms with Crippen LogP contribution >= 0.6 is 0 Å². The van der Waals surface area contributed by atoms with Crippen LogP contribution in [0.25, 0.3) is 10.9 Å². The number of anilines is 1. The molecule has 1 N–H and O–H groups in total. The molecule has 0 aliphatic rings. The topological polar surface area (TPSA) is 103 Å². The molecule has 0 saturated heterocycles. The number of hydrogen-bond donors (Lipinski definition) is 1. The Kier molecular flexibility index (Phi) is 9.39. The molecule has 0 aliphatic heterocycles. The first kappa shape index (κ1) is 29.3. The number of non-ortho nitro benzene ring substituents is 1. The van der Waals surface area contributed by atoms with Gasteiger partial charge in [0, 0.05) is 73.7 Å². The van der Waals surface area contributed by atoms with Gasteiger partial charge in [-0.1, -0.05) is 43.3 Å². The Morgan fingerprint density at radius 1 is 1.00 bits per heavy atom. The van der Waals surface area contributed by atoms with Crippen molar-refractivity contribution in [3.05, 3.63) is 106 Å². The van der Waals surface area contributed by atoms with Crippen LogP contribution in [0.1, 0.15) is 41.8 Å². The molecule has 1 atom stereocenters. The van der Waals surface area contributed by atoms with Crippen molar-refractivity contribution in [2.75, 3.05) is 32.1 Å². The van der Waals surface area contributed by atoms with Crippen molar-refractivity contribution in [2.45, 2.75) is 39.3 Å². The van der Waals surface area contributed by atoms with Crippen LogP contribution in [-0.4, -0.2) is 64.7 Å². The van der Waals surface area contributed by atoms with E-state index in [-0.39, 0.29) is 29.7 Å². The molecule has 0 bridgehead atoms. The SMILES string of the molecule is CCC(C)N(CC(=O)N(CCc1c[nH]c2ccccc12)Cc1ccc(N(C)C)cc1)C(=O)c1cccc([N+](=O)[O-])c1. The van der Waals surface area contributed by atoms with E-state index in [4.69, 9.17) is 0 Å². The summed E-state index contributed by atoms with van der Waals surface area (Å²) in [4.78, 5) is 46.9. The fourth-order valence-electron chi connectivity index (χ4n) is 4.82. The lowest BCUT2D eigenvalue weighted by molar-refractivity contribution is -0.384. The first-order chi connectivity index (χ1) is 19.7. The van der Waals surface area contributed by atoms with Crippen LogP contribution in [0.2, 0.25) is 0 Å². The number of fused-ring (bicyclic) bond motifs is 1. The number of para-hydroxylation sites is 1. The summed E-state index contributed by atoms with van der Waals surface area (Å²) >= 11 is 0. The van der Waals surface area contributed by atoms with Crippen LogP contribution in [0, 0.1) is 10.1 Å². The summed E-state index contributed by atoms with van der Waals surface area (Å²) in [6.45, 7) is 4.58. The zero-order valence-electron chi connectivity index (χ0n) is 24.0. The summed E-state index contributed by atoms with van der Waals surface area (Å²) in [5, 5.41) is 12.4. The molecule has 0 spiro atoms. The average molecular weight is 556 g/mol. The summed E-state index contributed by atoms with van der Waals surface area (Å²) in [5.41, 5.74) is 4.25. The van der Waals surface area contributed by atoms with Crippen molar-refractivity contribution in [2.24, 2.45) is 0 Å². The second-order valence-corrected chi connectivity index (χ2v) is 10.5. The van der Waals surface area contributed by atoms with E-state index >= 15 is 0 Å². The van der Waals surface area contributed by atoms with E-state index in [1.807, 2.05) is 81.5 Å². The molecule has 4 rings (SSSR count). The minimum absolute atomic E-state index is 0.125. The van der Waals surface area contributed by atoms with Gasteiger partial charge in [-0.2, -0.15) is 0 Å². The second-order valence-electron chi connectivity index (χ2n) is 10.5. The van der Waals surface area contributed by atoms with Gasteiger partial charge >= 0.3 is 0 Å². The minimum Gasteiger partial charge on any atom is -0.378 e. The first-order valence-corrected chi connectivity index (χ1v) is 13.8. The maximum atomic E-state index is 13.9. The van der Waals surface area contributed by atoms with Crippen molar-refractivity contribution < 1.29 is 14.5 Å². The summed E-state index contributed by atoms with van der Waals surface area (Å²) in [5.74, 6) is -0.580. The lowest BCUT2D eigenvalue weighted by atomic mass is 10.1. The normalized spacial score (nSPS) is 11.7. The Bertz CT molecular complexity index is 1510. The van der Waals surface area contributed by atoms with Crippen LogP contribution in [0.15, 0.2) is 79.0 Å². The van der Waals surface area contributed by atoms with E-state index in [0.717, 1.165) is 27.7 Å². The Hall–Kier alpha value is -4.66. The monoisotopic (exact) mass is 555 g/mol. The third-order valence-corrected chi connectivity index (χ3v) is 7.50. The number of carbonyl (C=O) groups is 2. The lowest BCUT2D eigenvalue weighted by Gasteiger charge is -2.31. The van der Waals surface area contributed by atoms with E-state index < -0.39 is 10.8 Å². The standard InChI is InChI=1S/C32H37N5O4/c1-5-23(2)36(32(39)25-9-8-10-28(19-25)37(40)41)22-31(38)35(21-24-13-15-27(16-14-24)34(3)4)18-17-26-20-33-30-12-7-6-11-29(26)30/h6-16,19-20,23,33H,5,17-18,21-22H2,1-4H3. The maximum absolute atomic E-state index is 13.9. The molecule has 9 nitrogen and oxygen atoms in total. The van der Waals surface area contributed by atoms with Crippen LogP contribution in [0.3, 0.4) is 0 Å². The van der Waals surface area contributed by atoms with Gasteiger partial charge in [0.2, 0.25) is 5.91 Å². The molecule has 41 heavy (non-hydrogen) atoms. The third kappa shape index (κ3) is 7.11.